The summed E-state index contributed by atoms with van der Waals surface area (Å²) in [5.41, 5.74) is 3.54. The van der Waals surface area contributed by atoms with Crippen molar-refractivity contribution >= 4 is 28.8 Å². The van der Waals surface area contributed by atoms with Crippen LogP contribution in [0.25, 0.3) is 6.08 Å². The molecular formula is C9H11BrSi. The predicted octanol–water partition coefficient (Wildman–Crippen LogP) is 2.99. The summed E-state index contributed by atoms with van der Waals surface area (Å²) >= 11 is 3.58. The van der Waals surface area contributed by atoms with Crippen LogP contribution in [0.4, 0.5) is 0 Å². The van der Waals surface area contributed by atoms with Crippen molar-refractivity contribution in [2.45, 2.75) is 6.55 Å². The molecule has 0 fully saturated rings. The Morgan fingerprint density at radius 1 is 1.27 bits per heavy atom. The van der Waals surface area contributed by atoms with Gasteiger partial charge in [-0.2, -0.15) is 0 Å². The summed E-state index contributed by atoms with van der Waals surface area (Å²) in [6.45, 7) is 2.24. The zero-order valence-electron chi connectivity index (χ0n) is 6.50. The Morgan fingerprint density at radius 3 is 2.45 bits per heavy atom. The minimum atomic E-state index is -0.708. The highest BCUT2D eigenvalue weighted by Crippen LogP contribution is 2.03. The van der Waals surface area contributed by atoms with Crippen LogP contribution in [0.2, 0.25) is 6.55 Å². The lowest BCUT2D eigenvalue weighted by molar-refractivity contribution is 1.66. The SMILES string of the molecule is C[SiH](Br)C=Cc1ccccc1. The fourth-order valence-electron chi connectivity index (χ4n) is 0.808. The second-order valence-electron chi connectivity index (χ2n) is 2.45. The first-order valence-corrected chi connectivity index (χ1v) is 8.67. The van der Waals surface area contributed by atoms with E-state index < -0.39 is 7.42 Å². The molecule has 0 aliphatic rings. The third kappa shape index (κ3) is 3.53. The van der Waals surface area contributed by atoms with Crippen molar-refractivity contribution in [1.29, 1.82) is 0 Å². The summed E-state index contributed by atoms with van der Waals surface area (Å²) in [4.78, 5) is 0. The lowest BCUT2D eigenvalue weighted by Crippen LogP contribution is -1.86. The molecule has 1 unspecified atom stereocenters. The first kappa shape index (κ1) is 8.75. The van der Waals surface area contributed by atoms with Gasteiger partial charge in [0.05, 0.1) is 0 Å². The van der Waals surface area contributed by atoms with E-state index in [1.165, 1.54) is 5.56 Å². The topological polar surface area (TPSA) is 0 Å². The van der Waals surface area contributed by atoms with E-state index in [4.69, 9.17) is 0 Å². The van der Waals surface area contributed by atoms with Crippen molar-refractivity contribution in [3.63, 3.8) is 0 Å². The molecule has 0 N–H and O–H groups in total. The Balaban J connectivity index is 2.65. The standard InChI is InChI=1S/C9H11BrSi/c1-11(10)8-7-9-5-3-2-4-6-9/h2-8,11H,1H3. The van der Waals surface area contributed by atoms with E-state index in [0.717, 1.165) is 0 Å². The number of benzene rings is 1. The second-order valence-corrected chi connectivity index (χ2v) is 8.52. The van der Waals surface area contributed by atoms with Crippen LogP contribution in [0.1, 0.15) is 5.56 Å². The lowest BCUT2D eigenvalue weighted by Gasteiger charge is -1.91. The summed E-state index contributed by atoms with van der Waals surface area (Å²) < 4.78 is 0. The van der Waals surface area contributed by atoms with Crippen molar-refractivity contribution < 1.29 is 0 Å². The van der Waals surface area contributed by atoms with Crippen LogP contribution in [-0.4, -0.2) is 7.42 Å². The van der Waals surface area contributed by atoms with E-state index in [9.17, 15) is 0 Å². The molecule has 2 heteroatoms. The van der Waals surface area contributed by atoms with E-state index >= 15 is 0 Å². The summed E-state index contributed by atoms with van der Waals surface area (Å²) in [6, 6.07) is 10.4. The van der Waals surface area contributed by atoms with Gasteiger partial charge in [-0.05, 0) is 5.56 Å². The second kappa shape index (κ2) is 4.52. The number of hydrogen-bond acceptors (Lipinski definition) is 0. The molecule has 0 radical (unpaired) electrons. The van der Waals surface area contributed by atoms with Gasteiger partial charge in [-0.15, -0.1) is 15.3 Å². The van der Waals surface area contributed by atoms with Gasteiger partial charge in [0.2, 0.25) is 0 Å². The molecule has 0 amide bonds. The highest BCUT2D eigenvalue weighted by Gasteiger charge is 1.88. The Morgan fingerprint density at radius 2 is 1.91 bits per heavy atom. The normalized spacial score (nSPS) is 13.6. The van der Waals surface area contributed by atoms with Crippen LogP contribution in [0.15, 0.2) is 36.0 Å². The maximum Gasteiger partial charge on any atom is 0.134 e. The fraction of sp³-hybridized carbons (Fsp3) is 0.111. The molecule has 1 aromatic rings. The Bertz CT molecular complexity index is 229. The smallest absolute Gasteiger partial charge is 0.126 e. The highest BCUT2D eigenvalue weighted by atomic mass is 79.9. The van der Waals surface area contributed by atoms with Gasteiger partial charge in [0.25, 0.3) is 0 Å². The quantitative estimate of drug-likeness (QED) is 0.538. The molecule has 0 aliphatic carbocycles. The largest absolute Gasteiger partial charge is 0.134 e. The molecule has 0 aliphatic heterocycles. The Hall–Kier alpha value is -0.343. The summed E-state index contributed by atoms with van der Waals surface area (Å²) in [7, 11) is -0.708. The van der Waals surface area contributed by atoms with Crippen LogP contribution in [-0.2, 0) is 0 Å². The third-order valence-electron chi connectivity index (χ3n) is 1.35. The minimum Gasteiger partial charge on any atom is -0.126 e. The van der Waals surface area contributed by atoms with Crippen LogP contribution in [0.3, 0.4) is 0 Å². The minimum absolute atomic E-state index is 0.708. The zero-order chi connectivity index (χ0) is 8.10. The van der Waals surface area contributed by atoms with E-state index in [1.807, 2.05) is 6.07 Å². The van der Waals surface area contributed by atoms with Gasteiger partial charge in [0, 0.05) is 0 Å². The molecule has 0 nitrogen and oxygen atoms in total. The van der Waals surface area contributed by atoms with Crippen molar-refractivity contribution in [3.05, 3.63) is 41.6 Å². The van der Waals surface area contributed by atoms with Gasteiger partial charge in [0.1, 0.15) is 7.42 Å². The van der Waals surface area contributed by atoms with Crippen molar-refractivity contribution in [2.75, 3.05) is 0 Å². The Kier molecular flexibility index (Phi) is 3.59. The Labute approximate surface area is 77.1 Å². The number of halogens is 1. The van der Waals surface area contributed by atoms with E-state index in [-0.39, 0.29) is 0 Å². The van der Waals surface area contributed by atoms with Crippen LogP contribution >= 0.6 is 15.3 Å². The van der Waals surface area contributed by atoms with E-state index in [2.05, 4.69) is 57.9 Å². The highest BCUT2D eigenvalue weighted by molar-refractivity contribution is 9.24. The molecule has 0 aromatic heterocycles. The van der Waals surface area contributed by atoms with Crippen LogP contribution in [0, 0.1) is 0 Å². The van der Waals surface area contributed by atoms with E-state index in [0.29, 0.717) is 0 Å². The summed E-state index contributed by atoms with van der Waals surface area (Å²) in [5, 5.41) is 0. The number of hydrogen-bond donors (Lipinski definition) is 0. The summed E-state index contributed by atoms with van der Waals surface area (Å²) in [6.07, 6.45) is 2.17. The van der Waals surface area contributed by atoms with Gasteiger partial charge in [0.15, 0.2) is 0 Å². The van der Waals surface area contributed by atoms with Crippen molar-refractivity contribution in [3.8, 4) is 0 Å². The van der Waals surface area contributed by atoms with Crippen LogP contribution < -0.4 is 0 Å². The predicted molar refractivity (Wildman–Crippen MR) is 57.4 cm³/mol. The van der Waals surface area contributed by atoms with Crippen molar-refractivity contribution in [1.82, 2.24) is 0 Å². The first-order valence-electron chi connectivity index (χ1n) is 3.66. The number of rotatable bonds is 2. The molecule has 0 saturated carbocycles. The molecular weight excluding hydrogens is 216 g/mol. The maximum atomic E-state index is 3.58. The van der Waals surface area contributed by atoms with Gasteiger partial charge >= 0.3 is 0 Å². The first-order chi connectivity index (χ1) is 5.29. The lowest BCUT2D eigenvalue weighted by atomic mass is 10.2. The van der Waals surface area contributed by atoms with Gasteiger partial charge < -0.3 is 0 Å². The van der Waals surface area contributed by atoms with Crippen molar-refractivity contribution in [2.24, 2.45) is 0 Å². The van der Waals surface area contributed by atoms with Gasteiger partial charge in [-0.25, -0.2) is 0 Å². The molecule has 1 rings (SSSR count). The monoisotopic (exact) mass is 226 g/mol. The summed E-state index contributed by atoms with van der Waals surface area (Å²) in [5.74, 6) is 0. The molecule has 1 aromatic carbocycles. The molecule has 11 heavy (non-hydrogen) atoms. The molecule has 0 heterocycles. The molecule has 1 atom stereocenters. The molecule has 0 spiro atoms. The van der Waals surface area contributed by atoms with Gasteiger partial charge in [-0.3, -0.25) is 0 Å². The third-order valence-corrected chi connectivity index (χ3v) is 2.99. The average Bonchev–Trinajstić information content (AvgIpc) is 2.03. The fourth-order valence-corrected chi connectivity index (χ4v) is 1.75. The molecule has 58 valence electrons. The zero-order valence-corrected chi connectivity index (χ0v) is 9.24. The van der Waals surface area contributed by atoms with Gasteiger partial charge in [-0.1, -0.05) is 48.7 Å². The van der Waals surface area contributed by atoms with E-state index in [1.54, 1.807) is 0 Å². The maximum absolute atomic E-state index is 3.58. The molecule has 0 bridgehead atoms. The van der Waals surface area contributed by atoms with Crippen LogP contribution in [0.5, 0.6) is 0 Å². The average molecular weight is 227 g/mol. The molecule has 0 saturated heterocycles.